The molecule has 1 amide bonds. The average Bonchev–Trinajstić information content (AvgIpc) is 3.13. The molecule has 9 heteroatoms. The quantitative estimate of drug-likeness (QED) is 0.625. The van der Waals surface area contributed by atoms with Crippen LogP contribution < -0.4 is 0 Å². The van der Waals surface area contributed by atoms with Gasteiger partial charge in [-0.2, -0.15) is 5.10 Å². The van der Waals surface area contributed by atoms with Gasteiger partial charge >= 0.3 is 12.1 Å². The SMILES string of the molecule is CC(C)(C)OC(=O)N1Cc2c(-c3ccncc3)c(-c3ccc(F)cc3)nn2[C@H](CC(=O)O)C1. The van der Waals surface area contributed by atoms with Crippen LogP contribution in [0.1, 0.15) is 38.9 Å². The van der Waals surface area contributed by atoms with E-state index in [9.17, 15) is 19.1 Å². The maximum Gasteiger partial charge on any atom is 0.410 e. The minimum atomic E-state index is -0.999. The van der Waals surface area contributed by atoms with Crippen LogP contribution in [0.2, 0.25) is 0 Å². The van der Waals surface area contributed by atoms with E-state index in [1.165, 1.54) is 17.0 Å². The van der Waals surface area contributed by atoms with E-state index in [2.05, 4.69) is 4.98 Å². The molecule has 1 aromatic carbocycles. The van der Waals surface area contributed by atoms with Crippen LogP contribution >= 0.6 is 0 Å². The Hall–Kier alpha value is -3.75. The van der Waals surface area contributed by atoms with E-state index >= 15 is 0 Å². The normalized spacial score (nSPS) is 15.8. The molecular formula is C24H25FN4O4. The Kier molecular flexibility index (Phi) is 5.88. The van der Waals surface area contributed by atoms with Crippen molar-refractivity contribution in [3.05, 3.63) is 60.3 Å². The molecule has 0 aliphatic carbocycles. The number of carbonyl (C=O) groups excluding carboxylic acids is 1. The number of pyridine rings is 1. The van der Waals surface area contributed by atoms with Crippen molar-refractivity contribution in [2.45, 2.75) is 45.4 Å². The number of hydrogen-bond donors (Lipinski definition) is 1. The Morgan fingerprint density at radius 1 is 1.12 bits per heavy atom. The van der Waals surface area contributed by atoms with E-state index in [1.807, 2.05) is 12.1 Å². The summed E-state index contributed by atoms with van der Waals surface area (Å²) >= 11 is 0. The maximum absolute atomic E-state index is 13.6. The average molecular weight is 452 g/mol. The van der Waals surface area contributed by atoms with Crippen molar-refractivity contribution in [3.8, 4) is 22.4 Å². The van der Waals surface area contributed by atoms with Crippen molar-refractivity contribution in [1.29, 1.82) is 0 Å². The lowest BCUT2D eigenvalue weighted by atomic mass is 9.98. The Morgan fingerprint density at radius 2 is 1.79 bits per heavy atom. The minimum Gasteiger partial charge on any atom is -0.481 e. The standard InChI is InChI=1S/C24H25FN4O4/c1-24(2,3)33-23(32)28-13-18(12-20(30)31)29-19(14-28)21(15-8-10-26-11-9-15)22(27-29)16-4-6-17(25)7-5-16/h4-11,18H,12-14H2,1-3H3,(H,30,31)/t18-/m1/s1. The molecule has 3 heterocycles. The first-order chi connectivity index (χ1) is 15.6. The number of nitrogens with zero attached hydrogens (tertiary/aromatic N) is 4. The summed E-state index contributed by atoms with van der Waals surface area (Å²) in [5.41, 5.74) is 2.81. The third kappa shape index (κ3) is 4.87. The molecule has 1 aliphatic rings. The van der Waals surface area contributed by atoms with Crippen molar-refractivity contribution < 1.29 is 23.8 Å². The van der Waals surface area contributed by atoms with Crippen LogP contribution in [0.5, 0.6) is 0 Å². The predicted molar refractivity (Wildman–Crippen MR) is 119 cm³/mol. The van der Waals surface area contributed by atoms with E-state index in [0.717, 1.165) is 11.1 Å². The molecule has 33 heavy (non-hydrogen) atoms. The van der Waals surface area contributed by atoms with Gasteiger partial charge < -0.3 is 14.7 Å². The topological polar surface area (TPSA) is 97.5 Å². The first-order valence-corrected chi connectivity index (χ1v) is 10.6. The number of fused-ring (bicyclic) bond motifs is 1. The van der Waals surface area contributed by atoms with E-state index < -0.39 is 23.7 Å². The highest BCUT2D eigenvalue weighted by atomic mass is 19.1. The van der Waals surface area contributed by atoms with E-state index in [4.69, 9.17) is 9.84 Å². The number of carboxylic acids is 1. The van der Waals surface area contributed by atoms with Gasteiger partial charge in [-0.1, -0.05) is 0 Å². The number of aromatic nitrogens is 3. The van der Waals surface area contributed by atoms with Gasteiger partial charge in [0.05, 0.1) is 24.7 Å². The summed E-state index contributed by atoms with van der Waals surface area (Å²) in [5.74, 6) is -1.37. The number of rotatable bonds is 4. The van der Waals surface area contributed by atoms with Gasteiger partial charge in [0, 0.05) is 30.1 Å². The van der Waals surface area contributed by atoms with Gasteiger partial charge in [-0.25, -0.2) is 9.18 Å². The second kappa shape index (κ2) is 8.65. The zero-order valence-corrected chi connectivity index (χ0v) is 18.7. The third-order valence-electron chi connectivity index (χ3n) is 5.28. The molecule has 172 valence electrons. The zero-order valence-electron chi connectivity index (χ0n) is 18.7. The molecule has 1 atom stereocenters. The van der Waals surface area contributed by atoms with Crippen LogP contribution in [0.4, 0.5) is 9.18 Å². The van der Waals surface area contributed by atoms with E-state index in [1.54, 1.807) is 50.0 Å². The Labute approximate surface area is 190 Å². The van der Waals surface area contributed by atoms with E-state index in [0.29, 0.717) is 17.0 Å². The monoisotopic (exact) mass is 452 g/mol. The fourth-order valence-electron chi connectivity index (χ4n) is 3.95. The van der Waals surface area contributed by atoms with Crippen LogP contribution in [0.15, 0.2) is 48.8 Å². The molecule has 2 aromatic heterocycles. The van der Waals surface area contributed by atoms with Gasteiger partial charge in [-0.05, 0) is 62.7 Å². The van der Waals surface area contributed by atoms with Gasteiger partial charge in [0.25, 0.3) is 0 Å². The molecule has 4 rings (SSSR count). The van der Waals surface area contributed by atoms with Crippen molar-refractivity contribution in [1.82, 2.24) is 19.7 Å². The molecule has 0 bridgehead atoms. The molecule has 0 saturated carbocycles. The smallest absolute Gasteiger partial charge is 0.410 e. The van der Waals surface area contributed by atoms with E-state index in [-0.39, 0.29) is 25.3 Å². The Balaban J connectivity index is 1.87. The van der Waals surface area contributed by atoms with Crippen molar-refractivity contribution in [2.24, 2.45) is 0 Å². The highest BCUT2D eigenvalue weighted by molar-refractivity contribution is 5.83. The van der Waals surface area contributed by atoms with Gasteiger partial charge in [0.1, 0.15) is 17.1 Å². The number of carboxylic acid groups (broad SMARTS) is 1. The number of carbonyl (C=O) groups is 2. The Morgan fingerprint density at radius 3 is 2.39 bits per heavy atom. The molecule has 0 unspecified atom stereocenters. The maximum atomic E-state index is 13.6. The fourth-order valence-corrected chi connectivity index (χ4v) is 3.95. The third-order valence-corrected chi connectivity index (χ3v) is 5.28. The molecule has 0 fully saturated rings. The number of benzene rings is 1. The predicted octanol–water partition coefficient (Wildman–Crippen LogP) is 4.52. The number of halogens is 1. The van der Waals surface area contributed by atoms with Crippen molar-refractivity contribution >= 4 is 12.1 Å². The summed E-state index contributed by atoms with van der Waals surface area (Å²) in [6.07, 6.45) is 2.56. The summed E-state index contributed by atoms with van der Waals surface area (Å²) < 4.78 is 20.8. The summed E-state index contributed by atoms with van der Waals surface area (Å²) in [6.45, 7) is 5.68. The second-order valence-corrected chi connectivity index (χ2v) is 8.97. The minimum absolute atomic E-state index is 0.147. The summed E-state index contributed by atoms with van der Waals surface area (Å²) in [4.78, 5) is 30.1. The first kappa shape index (κ1) is 22.4. The highest BCUT2D eigenvalue weighted by Gasteiger charge is 2.36. The van der Waals surface area contributed by atoms with Crippen molar-refractivity contribution in [2.75, 3.05) is 6.54 Å². The highest BCUT2D eigenvalue weighted by Crippen LogP contribution is 2.39. The molecule has 1 N–H and O–H groups in total. The lowest BCUT2D eigenvalue weighted by Gasteiger charge is -2.35. The van der Waals surface area contributed by atoms with Crippen molar-refractivity contribution in [3.63, 3.8) is 0 Å². The largest absolute Gasteiger partial charge is 0.481 e. The molecule has 0 saturated heterocycles. The van der Waals surface area contributed by atoms with Gasteiger partial charge in [-0.15, -0.1) is 0 Å². The summed E-state index contributed by atoms with van der Waals surface area (Å²) in [6, 6.07) is 9.02. The molecule has 0 spiro atoms. The van der Waals surface area contributed by atoms with Crippen LogP contribution in [-0.2, 0) is 16.1 Å². The summed E-state index contributed by atoms with van der Waals surface area (Å²) in [5, 5.41) is 14.3. The fraction of sp³-hybridized carbons (Fsp3) is 0.333. The lowest BCUT2D eigenvalue weighted by Crippen LogP contribution is -2.44. The zero-order chi connectivity index (χ0) is 23.8. The van der Waals surface area contributed by atoms with Crippen LogP contribution in [0.3, 0.4) is 0 Å². The lowest BCUT2D eigenvalue weighted by molar-refractivity contribution is -0.138. The molecule has 3 aromatic rings. The Bertz CT molecular complexity index is 1170. The number of amides is 1. The number of ether oxygens (including phenoxy) is 1. The van der Waals surface area contributed by atoms with Crippen LogP contribution in [-0.4, -0.2) is 49.0 Å². The summed E-state index contributed by atoms with van der Waals surface area (Å²) in [7, 11) is 0. The van der Waals surface area contributed by atoms with Crippen LogP contribution in [0.25, 0.3) is 22.4 Å². The molecule has 0 radical (unpaired) electrons. The molecular weight excluding hydrogens is 427 g/mol. The number of hydrogen-bond acceptors (Lipinski definition) is 5. The van der Waals surface area contributed by atoms with Gasteiger partial charge in [0.2, 0.25) is 0 Å². The first-order valence-electron chi connectivity index (χ1n) is 10.6. The van der Waals surface area contributed by atoms with Crippen LogP contribution in [0, 0.1) is 5.82 Å². The number of aliphatic carboxylic acids is 1. The van der Waals surface area contributed by atoms with Gasteiger partial charge in [-0.3, -0.25) is 14.5 Å². The molecule has 1 aliphatic heterocycles. The van der Waals surface area contributed by atoms with Gasteiger partial charge in [0.15, 0.2) is 0 Å². The second-order valence-electron chi connectivity index (χ2n) is 8.97. The molecule has 8 nitrogen and oxygen atoms in total.